The van der Waals surface area contributed by atoms with Gasteiger partial charge in [0.05, 0.1) is 4.90 Å². The van der Waals surface area contributed by atoms with Crippen LogP contribution in [0.1, 0.15) is 23.6 Å². The zero-order valence-corrected chi connectivity index (χ0v) is 13.0. The molecule has 0 bridgehead atoms. The fraction of sp³-hybridized carbons (Fsp3) is 0.222. The van der Waals surface area contributed by atoms with Crippen molar-refractivity contribution >= 4 is 21.5 Å². The van der Waals surface area contributed by atoms with E-state index in [-0.39, 0.29) is 0 Å². The number of fused-ring (bicyclic) bond motifs is 1. The van der Waals surface area contributed by atoms with Crippen molar-refractivity contribution in [1.82, 2.24) is 0 Å². The average Bonchev–Trinajstić information content (AvgIpc) is 2.75. The summed E-state index contributed by atoms with van der Waals surface area (Å²) in [5.74, 6) is 0.497. The lowest BCUT2D eigenvalue weighted by molar-refractivity contribution is 0.602. The Morgan fingerprint density at radius 3 is 2.38 bits per heavy atom. The van der Waals surface area contributed by atoms with Gasteiger partial charge in [-0.25, -0.2) is 8.42 Å². The number of rotatable bonds is 2. The van der Waals surface area contributed by atoms with Gasteiger partial charge in [-0.05, 0) is 46.7 Å². The maximum atomic E-state index is 11.5. The van der Waals surface area contributed by atoms with Gasteiger partial charge in [-0.1, -0.05) is 49.4 Å². The molecular formula is C18H18O2S. The van der Waals surface area contributed by atoms with Crippen LogP contribution in [0.25, 0.3) is 11.6 Å². The summed E-state index contributed by atoms with van der Waals surface area (Å²) in [6.45, 7) is 2.23. The molecule has 0 amide bonds. The first-order valence-corrected chi connectivity index (χ1v) is 8.94. The van der Waals surface area contributed by atoms with Gasteiger partial charge in [0.1, 0.15) is 0 Å². The van der Waals surface area contributed by atoms with E-state index in [0.29, 0.717) is 10.8 Å². The summed E-state index contributed by atoms with van der Waals surface area (Å²) in [6, 6.07) is 15.6. The van der Waals surface area contributed by atoms with Gasteiger partial charge in [-0.15, -0.1) is 0 Å². The van der Waals surface area contributed by atoms with E-state index in [1.54, 1.807) is 12.1 Å². The highest BCUT2D eigenvalue weighted by Crippen LogP contribution is 2.37. The van der Waals surface area contributed by atoms with E-state index in [9.17, 15) is 8.42 Å². The second-order valence-electron chi connectivity index (χ2n) is 5.70. The van der Waals surface area contributed by atoms with E-state index >= 15 is 0 Å². The lowest BCUT2D eigenvalue weighted by atomic mass is 9.99. The molecule has 2 aromatic carbocycles. The fourth-order valence-corrected chi connectivity index (χ4v) is 3.53. The third-order valence-corrected chi connectivity index (χ3v) is 5.14. The Kier molecular flexibility index (Phi) is 3.46. The van der Waals surface area contributed by atoms with Crippen molar-refractivity contribution in [3.05, 3.63) is 65.2 Å². The van der Waals surface area contributed by atoms with Crippen molar-refractivity contribution in [2.24, 2.45) is 5.92 Å². The molecule has 1 unspecified atom stereocenters. The minimum atomic E-state index is -3.13. The highest BCUT2D eigenvalue weighted by Gasteiger charge is 2.22. The highest BCUT2D eigenvalue weighted by atomic mass is 32.2. The number of sulfone groups is 1. The van der Waals surface area contributed by atoms with Crippen molar-refractivity contribution in [1.29, 1.82) is 0 Å². The van der Waals surface area contributed by atoms with Gasteiger partial charge in [0.25, 0.3) is 0 Å². The molecule has 0 spiro atoms. The number of hydrogen-bond donors (Lipinski definition) is 0. The van der Waals surface area contributed by atoms with Gasteiger partial charge in [0, 0.05) is 6.26 Å². The van der Waals surface area contributed by atoms with Crippen LogP contribution in [0.5, 0.6) is 0 Å². The third kappa shape index (κ3) is 2.79. The molecule has 108 valence electrons. The molecule has 1 aliphatic rings. The van der Waals surface area contributed by atoms with Crippen molar-refractivity contribution in [2.75, 3.05) is 6.26 Å². The average molecular weight is 298 g/mol. The maximum absolute atomic E-state index is 11.5. The summed E-state index contributed by atoms with van der Waals surface area (Å²) in [4.78, 5) is 0.365. The topological polar surface area (TPSA) is 34.1 Å². The Morgan fingerprint density at radius 1 is 1.05 bits per heavy atom. The standard InChI is InChI=1S/C18H18O2S/c1-13-11-15-5-3-4-6-17(15)18(13)12-14-7-9-16(10-8-14)21(2,19)20/h3-10,12-13H,11H2,1-2H3. The lowest BCUT2D eigenvalue weighted by Gasteiger charge is -2.07. The Morgan fingerprint density at radius 2 is 1.71 bits per heavy atom. The molecule has 0 radical (unpaired) electrons. The van der Waals surface area contributed by atoms with E-state index in [2.05, 4.69) is 37.3 Å². The zero-order chi connectivity index (χ0) is 15.0. The second-order valence-corrected chi connectivity index (χ2v) is 7.72. The lowest BCUT2D eigenvalue weighted by Crippen LogP contribution is -1.96. The van der Waals surface area contributed by atoms with Crippen LogP contribution in [0.3, 0.4) is 0 Å². The van der Waals surface area contributed by atoms with Crippen molar-refractivity contribution in [3.8, 4) is 0 Å². The highest BCUT2D eigenvalue weighted by molar-refractivity contribution is 7.90. The number of allylic oxidation sites excluding steroid dienone is 1. The minimum absolute atomic E-state index is 0.365. The van der Waals surface area contributed by atoms with E-state index in [1.165, 1.54) is 23.0 Å². The molecule has 0 fully saturated rings. The molecule has 2 nitrogen and oxygen atoms in total. The summed E-state index contributed by atoms with van der Waals surface area (Å²) in [6.07, 6.45) is 4.47. The Balaban J connectivity index is 1.99. The zero-order valence-electron chi connectivity index (χ0n) is 12.2. The summed E-state index contributed by atoms with van der Waals surface area (Å²) < 4.78 is 23.0. The molecule has 1 aliphatic carbocycles. The largest absolute Gasteiger partial charge is 0.224 e. The van der Waals surface area contributed by atoms with Crippen LogP contribution >= 0.6 is 0 Å². The molecule has 0 N–H and O–H groups in total. The first-order valence-electron chi connectivity index (χ1n) is 7.05. The van der Waals surface area contributed by atoms with Crippen LogP contribution < -0.4 is 0 Å². The van der Waals surface area contributed by atoms with Gasteiger partial charge in [-0.3, -0.25) is 0 Å². The van der Waals surface area contributed by atoms with Gasteiger partial charge < -0.3 is 0 Å². The molecule has 1 atom stereocenters. The van der Waals surface area contributed by atoms with Crippen LogP contribution in [-0.2, 0) is 16.3 Å². The van der Waals surface area contributed by atoms with Gasteiger partial charge in [-0.2, -0.15) is 0 Å². The van der Waals surface area contributed by atoms with E-state index in [1.807, 2.05) is 12.1 Å². The summed E-state index contributed by atoms with van der Waals surface area (Å²) in [7, 11) is -3.13. The first-order chi connectivity index (χ1) is 9.95. The van der Waals surface area contributed by atoms with Crippen LogP contribution in [0.15, 0.2) is 53.4 Å². The predicted octanol–water partition coefficient (Wildman–Crippen LogP) is 3.82. The Bertz CT molecular complexity index is 799. The SMILES string of the molecule is CC1Cc2ccccc2C1=Cc1ccc(S(C)(=O)=O)cc1. The number of hydrogen-bond acceptors (Lipinski definition) is 2. The molecule has 0 aromatic heterocycles. The molecular weight excluding hydrogens is 280 g/mol. The summed E-state index contributed by atoms with van der Waals surface area (Å²) >= 11 is 0. The van der Waals surface area contributed by atoms with Gasteiger partial charge in [0.15, 0.2) is 9.84 Å². The van der Waals surface area contributed by atoms with Crippen molar-refractivity contribution < 1.29 is 8.42 Å². The van der Waals surface area contributed by atoms with E-state index in [4.69, 9.17) is 0 Å². The molecule has 3 rings (SSSR count). The predicted molar refractivity (Wildman–Crippen MR) is 86.7 cm³/mol. The monoisotopic (exact) mass is 298 g/mol. The minimum Gasteiger partial charge on any atom is -0.224 e. The van der Waals surface area contributed by atoms with Gasteiger partial charge in [0.2, 0.25) is 0 Å². The Labute approximate surface area is 126 Å². The third-order valence-electron chi connectivity index (χ3n) is 4.02. The van der Waals surface area contributed by atoms with E-state index in [0.717, 1.165) is 12.0 Å². The van der Waals surface area contributed by atoms with Crippen LogP contribution in [0.4, 0.5) is 0 Å². The number of benzene rings is 2. The molecule has 0 saturated carbocycles. The van der Waals surface area contributed by atoms with Gasteiger partial charge >= 0.3 is 0 Å². The Hall–Kier alpha value is -1.87. The van der Waals surface area contributed by atoms with Crippen molar-refractivity contribution in [3.63, 3.8) is 0 Å². The molecule has 0 saturated heterocycles. The second kappa shape index (κ2) is 5.15. The van der Waals surface area contributed by atoms with Crippen LogP contribution in [-0.4, -0.2) is 14.7 Å². The smallest absolute Gasteiger partial charge is 0.175 e. The molecule has 0 heterocycles. The molecule has 2 aromatic rings. The molecule has 21 heavy (non-hydrogen) atoms. The quantitative estimate of drug-likeness (QED) is 0.844. The fourth-order valence-electron chi connectivity index (χ4n) is 2.90. The summed E-state index contributed by atoms with van der Waals surface area (Å²) in [5, 5.41) is 0. The maximum Gasteiger partial charge on any atom is 0.175 e. The van der Waals surface area contributed by atoms with Crippen LogP contribution in [0, 0.1) is 5.92 Å². The molecule has 0 aliphatic heterocycles. The normalized spacial score (nSPS) is 19.7. The molecule has 3 heteroatoms. The van der Waals surface area contributed by atoms with Crippen LogP contribution in [0.2, 0.25) is 0 Å². The summed E-state index contributed by atoms with van der Waals surface area (Å²) in [5.41, 5.74) is 5.08. The van der Waals surface area contributed by atoms with Crippen molar-refractivity contribution in [2.45, 2.75) is 18.2 Å². The van der Waals surface area contributed by atoms with E-state index < -0.39 is 9.84 Å². The first kappa shape index (κ1) is 14.1.